The Morgan fingerprint density at radius 2 is 0.651 bits per heavy atom. The number of carbonyl (C=O) groups is 19. The zero-order chi connectivity index (χ0) is 98.1. The highest BCUT2D eigenvalue weighted by atomic mass is 16.4. The van der Waals surface area contributed by atoms with E-state index in [2.05, 4.69) is 85.1 Å². The van der Waals surface area contributed by atoms with E-state index < -0.39 is 271 Å². The molecule has 129 heavy (non-hydrogen) atoms. The minimum Gasteiger partial charge on any atom is -0.481 e. The van der Waals surface area contributed by atoms with Crippen molar-refractivity contribution in [1.82, 2.24) is 85.1 Å². The summed E-state index contributed by atoms with van der Waals surface area (Å²) in [4.78, 5) is 260. The normalized spacial score (nSPS) is 15.7. The Kier molecular flexibility index (Phi) is 55.1. The number of aliphatic hydroxyl groups excluding tert-OH is 3. The molecule has 0 fully saturated rings. The van der Waals surface area contributed by atoms with Gasteiger partial charge in [0.25, 0.3) is 0 Å². The molecule has 1 rings (SSSR count). The van der Waals surface area contributed by atoms with Crippen molar-refractivity contribution in [2.45, 2.75) is 307 Å². The second-order valence-electron chi connectivity index (χ2n) is 33.2. The summed E-state index contributed by atoms with van der Waals surface area (Å²) in [6.07, 6.45) is -0.673. The number of nitrogens with one attached hydrogen (secondary N) is 16. The van der Waals surface area contributed by atoms with Crippen molar-refractivity contribution in [2.24, 2.45) is 58.1 Å². The molecule has 33 N–H and O–H groups in total. The number of carbonyl (C=O) groups excluding carboxylic acids is 17. The van der Waals surface area contributed by atoms with Crippen LogP contribution in [0.1, 0.15) is 198 Å². The lowest BCUT2D eigenvalue weighted by molar-refractivity contribution is -0.143. The molecule has 0 aliphatic heterocycles. The van der Waals surface area contributed by atoms with E-state index in [1.54, 1.807) is 58.0 Å². The highest BCUT2D eigenvalue weighted by Crippen LogP contribution is 2.17. The fraction of sp³-hybridized carbons (Fsp3) is 0.699. The molecule has 19 atom stereocenters. The highest BCUT2D eigenvalue weighted by Gasteiger charge is 2.41. The van der Waals surface area contributed by atoms with E-state index in [9.17, 15) is 117 Å². The summed E-state index contributed by atoms with van der Waals surface area (Å²) in [6, 6.07) is -17.8. The fourth-order valence-corrected chi connectivity index (χ4v) is 12.8. The van der Waals surface area contributed by atoms with Crippen molar-refractivity contribution in [2.75, 3.05) is 39.4 Å². The monoisotopic (exact) mass is 1830 g/mol. The lowest BCUT2D eigenvalue weighted by atomic mass is 9.96. The molecule has 0 saturated carbocycles. The van der Waals surface area contributed by atoms with Gasteiger partial charge in [-0.15, -0.1) is 0 Å². The van der Waals surface area contributed by atoms with Crippen molar-refractivity contribution in [1.29, 1.82) is 0 Å². The zero-order valence-electron chi connectivity index (χ0n) is 76.0. The van der Waals surface area contributed by atoms with Gasteiger partial charge in [0, 0.05) is 12.8 Å². The predicted molar refractivity (Wildman–Crippen MR) is 470 cm³/mol. The van der Waals surface area contributed by atoms with Gasteiger partial charge in [-0.2, -0.15) is 0 Å². The number of carboxylic acids is 2. The summed E-state index contributed by atoms with van der Waals surface area (Å²) in [5.74, 6) is -22.4. The summed E-state index contributed by atoms with van der Waals surface area (Å²) in [7, 11) is 0. The van der Waals surface area contributed by atoms with E-state index in [0.29, 0.717) is 50.6 Å². The molecule has 46 nitrogen and oxygen atoms in total. The van der Waals surface area contributed by atoms with Crippen LogP contribution in [0.3, 0.4) is 0 Å². The number of hydrogen-bond donors (Lipinski definition) is 27. The van der Waals surface area contributed by atoms with Crippen LogP contribution in [0.2, 0.25) is 0 Å². The molecule has 730 valence electrons. The Balaban J connectivity index is 3.48. The summed E-state index contributed by atoms with van der Waals surface area (Å²) < 4.78 is 0. The van der Waals surface area contributed by atoms with Crippen LogP contribution in [-0.4, -0.2) is 286 Å². The molecule has 1 aromatic carbocycles. The molecule has 1 aromatic rings. The zero-order valence-corrected chi connectivity index (χ0v) is 76.0. The SMILES string of the molecule is CC[C@H](C)[C@H](NC(=O)[C@H](CCCCN)NC(=O)[C@@H](NC(=O)[C@H](C)NC(=O)[C@H](CC(N)=O)NC(=O)[C@H](C)NC(=O)[C@@H](NC(=O)[C@H](CCC(=O)O)NC(=O)[C@H](CCCCN)NC(=O)[C@H](Cc1ccccc1)NC(=O)[C@@H](NC(=O)[C@H](CCCCN)NC(=O)[C@@H](N)CCCCN)[C@@H](C)O)C(C)C)C(C)C)C(=O)N[C@@H](CO)C(=O)N[C@@H](C)C(=O)N[C@@H](CO)C(=O)N[C@@H](CC(C)C)C(=O)O. The quantitative estimate of drug-likeness (QED) is 0.0269. The van der Waals surface area contributed by atoms with Gasteiger partial charge in [-0.1, -0.05) is 98.6 Å². The van der Waals surface area contributed by atoms with Crippen molar-refractivity contribution in [3.05, 3.63) is 35.9 Å². The van der Waals surface area contributed by atoms with E-state index in [0.717, 1.165) is 6.92 Å². The molecule has 0 bridgehead atoms. The van der Waals surface area contributed by atoms with E-state index in [-0.39, 0.29) is 83.3 Å². The molecule has 0 unspecified atom stereocenters. The van der Waals surface area contributed by atoms with Crippen molar-refractivity contribution in [3.8, 4) is 0 Å². The second kappa shape index (κ2) is 61.4. The van der Waals surface area contributed by atoms with E-state index in [1.807, 2.05) is 0 Å². The number of nitrogens with two attached hydrogens (primary N) is 6. The molecule has 0 heterocycles. The molecule has 0 spiro atoms. The Hall–Kier alpha value is -11.2. The first-order valence-corrected chi connectivity index (χ1v) is 43.8. The van der Waals surface area contributed by atoms with Crippen LogP contribution in [-0.2, 0) is 97.5 Å². The van der Waals surface area contributed by atoms with Gasteiger partial charge >= 0.3 is 11.9 Å². The molecule has 0 aliphatic rings. The van der Waals surface area contributed by atoms with Crippen LogP contribution >= 0.6 is 0 Å². The van der Waals surface area contributed by atoms with Crippen LogP contribution in [0, 0.1) is 23.7 Å². The molecular weight excluding hydrogens is 1690 g/mol. The van der Waals surface area contributed by atoms with E-state index in [4.69, 9.17) is 34.4 Å². The van der Waals surface area contributed by atoms with Gasteiger partial charge in [0.15, 0.2) is 0 Å². The number of primary amides is 1. The number of unbranched alkanes of at least 4 members (excludes halogenated alkanes) is 4. The maximum absolute atomic E-state index is 14.6. The topological polar surface area (TPSA) is 774 Å². The van der Waals surface area contributed by atoms with Gasteiger partial charge in [0.2, 0.25) is 100 Å². The number of carboxylic acid groups (broad SMARTS) is 2. The number of benzene rings is 1. The molecule has 17 amide bonds. The maximum atomic E-state index is 14.6. The summed E-state index contributed by atoms with van der Waals surface area (Å²) in [6.45, 7) is 16.3. The molecule has 0 saturated heterocycles. The highest BCUT2D eigenvalue weighted by molar-refractivity contribution is 6.02. The lowest BCUT2D eigenvalue weighted by Crippen LogP contribution is -2.62. The van der Waals surface area contributed by atoms with Crippen LogP contribution in [0.4, 0.5) is 0 Å². The van der Waals surface area contributed by atoms with Crippen LogP contribution in [0.25, 0.3) is 0 Å². The third kappa shape index (κ3) is 43.7. The maximum Gasteiger partial charge on any atom is 0.326 e. The molecule has 0 radical (unpaired) electrons. The average Bonchev–Trinajstić information content (AvgIpc) is 0.849. The average molecular weight is 1830 g/mol. The third-order valence-corrected chi connectivity index (χ3v) is 20.8. The van der Waals surface area contributed by atoms with Gasteiger partial charge in [0.05, 0.1) is 31.8 Å². The number of amides is 17. The first kappa shape index (κ1) is 116. The molecule has 0 aliphatic carbocycles. The van der Waals surface area contributed by atoms with Gasteiger partial charge < -0.3 is 145 Å². The van der Waals surface area contributed by atoms with Crippen LogP contribution < -0.4 is 119 Å². The Morgan fingerprint density at radius 1 is 0.341 bits per heavy atom. The van der Waals surface area contributed by atoms with Gasteiger partial charge in [-0.25, -0.2) is 4.79 Å². The summed E-state index contributed by atoms with van der Waals surface area (Å²) in [5, 5.41) is 89.6. The van der Waals surface area contributed by atoms with Crippen molar-refractivity contribution < 1.29 is 117 Å². The number of hydrogen-bond acceptors (Lipinski definition) is 27. The third-order valence-electron chi connectivity index (χ3n) is 20.8. The standard InChI is InChI=1S/C83H144N22O24/c1-13-45(8)65(81(126)101-59(40-106)77(122)91-46(9)68(113)100-60(41-107)78(123)99-58(83(128)129)37-42(2)3)104-72(117)54(30-20-24-36-87)96-80(125)64(44(6)7)102-69(114)48(11)90-75(120)57(39-61(89)109)97-67(112)47(10)92-79(124)63(43(4)5)103-74(119)55(31-32-62(110)111)95-71(116)52(28-18-22-34-85)94-76(121)56(38-50-25-15-14-16-26-50)98-82(127)66(49(12)108)105-73(118)53(29-19-23-35-86)93-70(115)51(88)27-17-21-33-84/h14-16,25-26,42-49,51-60,63-66,106-108H,13,17-24,27-41,84-88H2,1-12H3,(H2,89,109)(H,90,120)(H,91,122)(H,92,124)(H,93,115)(H,94,121)(H,95,116)(H,96,125)(H,97,112)(H,98,127)(H,99,123)(H,100,113)(H,101,126)(H,102,114)(H,103,119)(H,104,117)(H,105,118)(H,110,111)(H,128,129)/t45-,46-,47-,48-,49+,51-,52-,53-,54-,55-,56-,57-,58-,59-,60-,63-,64-,65-,66-/m0/s1. The smallest absolute Gasteiger partial charge is 0.326 e. The number of rotatable bonds is 65. The minimum absolute atomic E-state index is 0.0250. The van der Waals surface area contributed by atoms with Crippen LogP contribution in [0.15, 0.2) is 30.3 Å². The van der Waals surface area contributed by atoms with Crippen LogP contribution in [0.5, 0.6) is 0 Å². The van der Waals surface area contributed by atoms with E-state index >= 15 is 0 Å². The first-order valence-electron chi connectivity index (χ1n) is 43.8. The van der Waals surface area contributed by atoms with Gasteiger partial charge in [-0.3, -0.25) is 86.3 Å². The Bertz CT molecular complexity index is 3830. The fourth-order valence-electron chi connectivity index (χ4n) is 12.8. The largest absolute Gasteiger partial charge is 0.481 e. The number of aliphatic carboxylic acids is 2. The molecular formula is C83H144N22O24. The first-order chi connectivity index (χ1) is 60.7. The van der Waals surface area contributed by atoms with Crippen molar-refractivity contribution >= 4 is 112 Å². The summed E-state index contributed by atoms with van der Waals surface area (Å²) >= 11 is 0. The minimum atomic E-state index is -1.84. The van der Waals surface area contributed by atoms with Gasteiger partial charge in [-0.05, 0) is 167 Å². The van der Waals surface area contributed by atoms with Gasteiger partial charge in [0.1, 0.15) is 96.7 Å². The molecule has 0 aromatic heterocycles. The Morgan fingerprint density at radius 3 is 1.06 bits per heavy atom. The second-order valence-corrected chi connectivity index (χ2v) is 33.2. The predicted octanol–water partition coefficient (Wildman–Crippen LogP) is -7.52. The van der Waals surface area contributed by atoms with Crippen molar-refractivity contribution in [3.63, 3.8) is 0 Å². The van der Waals surface area contributed by atoms with E-state index in [1.165, 1.54) is 48.5 Å². The lowest BCUT2D eigenvalue weighted by Gasteiger charge is -2.30. The summed E-state index contributed by atoms with van der Waals surface area (Å²) in [5.41, 5.74) is 35.0. The molecule has 46 heteroatoms. The Labute approximate surface area is 751 Å². The number of aliphatic hydroxyl groups is 3.